The number of aromatic amines is 2. The van der Waals surface area contributed by atoms with Gasteiger partial charge in [0, 0.05) is 50.0 Å². The number of nitrogens with one attached hydrogen (secondary N) is 2. The summed E-state index contributed by atoms with van der Waals surface area (Å²) in [7, 11) is 1.39. The van der Waals surface area contributed by atoms with Crippen molar-refractivity contribution in [2.45, 2.75) is 61.3 Å². The maximum absolute atomic E-state index is 14.6. The van der Waals surface area contributed by atoms with Gasteiger partial charge in [-0.3, -0.25) is 9.59 Å². The van der Waals surface area contributed by atoms with Gasteiger partial charge in [0.15, 0.2) is 11.6 Å². The molecule has 10 rings (SSSR count). The second-order valence-electron chi connectivity index (χ2n) is 15.9. The molecule has 3 aromatic carbocycles. The Labute approximate surface area is 341 Å². The molecule has 0 saturated carbocycles. The average molecular weight is 775 g/mol. The summed E-state index contributed by atoms with van der Waals surface area (Å²) in [6.45, 7) is 14.9. The van der Waals surface area contributed by atoms with E-state index in [1.54, 1.807) is 12.1 Å². The van der Waals surface area contributed by atoms with Gasteiger partial charge in [-0.1, -0.05) is 62.4 Å². The minimum atomic E-state index is -0.390. The summed E-state index contributed by atoms with van der Waals surface area (Å²) in [6.07, 6.45) is 1.52. The number of ether oxygens (including phenoxy) is 1. The van der Waals surface area contributed by atoms with E-state index in [1.807, 2.05) is 48.5 Å². The molecule has 8 heteroatoms. The fraction of sp³-hybridized carbons (Fsp3) is 0.196. The first-order valence-electron chi connectivity index (χ1n) is 20.2. The number of rotatable bonds is 4. The zero-order valence-electron chi connectivity index (χ0n) is 34.4. The normalized spacial score (nSPS) is 13.9. The lowest BCUT2D eigenvalue weighted by atomic mass is 9.78. The highest BCUT2D eigenvalue weighted by atomic mass is 16.5. The first-order valence-corrected chi connectivity index (χ1v) is 20.2. The van der Waals surface area contributed by atoms with Gasteiger partial charge >= 0.3 is 5.97 Å². The Kier molecular flexibility index (Phi) is 8.05. The van der Waals surface area contributed by atoms with Gasteiger partial charge in [-0.05, 0) is 127 Å². The van der Waals surface area contributed by atoms with E-state index in [4.69, 9.17) is 14.7 Å². The zero-order chi connectivity index (χ0) is 41.2. The molecule has 2 aliphatic heterocycles. The first-order chi connectivity index (χ1) is 28.5. The minimum absolute atomic E-state index is 0.150. The molecule has 290 valence electrons. The van der Waals surface area contributed by atoms with Gasteiger partial charge in [0.05, 0.1) is 46.5 Å². The van der Waals surface area contributed by atoms with Crippen LogP contribution in [-0.4, -0.2) is 44.6 Å². The Morgan fingerprint density at radius 2 is 1.17 bits per heavy atom. The molecule has 4 aliphatic rings. The van der Waals surface area contributed by atoms with E-state index in [-0.39, 0.29) is 17.5 Å². The van der Waals surface area contributed by atoms with Crippen LogP contribution in [0.25, 0.3) is 77.7 Å². The third-order valence-corrected chi connectivity index (χ3v) is 13.0. The number of nitrogens with zero attached hydrogens (tertiary/aromatic N) is 2. The van der Waals surface area contributed by atoms with E-state index in [2.05, 4.69) is 70.6 Å². The molecule has 10 bridgehead atoms. The van der Waals surface area contributed by atoms with Crippen LogP contribution in [0.5, 0.6) is 0 Å². The van der Waals surface area contributed by atoms with Crippen LogP contribution < -0.4 is 0 Å². The van der Waals surface area contributed by atoms with Gasteiger partial charge in [-0.25, -0.2) is 14.8 Å². The summed E-state index contributed by atoms with van der Waals surface area (Å²) in [6, 6.07) is 23.0. The zero-order valence-corrected chi connectivity index (χ0v) is 34.4. The number of aryl methyl sites for hydroxylation is 3. The van der Waals surface area contributed by atoms with E-state index < -0.39 is 0 Å². The van der Waals surface area contributed by atoms with Crippen LogP contribution in [0.4, 0.5) is 0 Å². The number of benzene rings is 3. The molecule has 0 atom stereocenters. The topological polar surface area (TPSA) is 118 Å². The molecule has 0 unspecified atom stereocenters. The lowest BCUT2D eigenvalue weighted by Crippen LogP contribution is -2.22. The number of aromatic nitrogens is 4. The van der Waals surface area contributed by atoms with Gasteiger partial charge in [0.25, 0.3) is 0 Å². The molecule has 3 aromatic heterocycles. The van der Waals surface area contributed by atoms with Crippen molar-refractivity contribution >= 4 is 61.9 Å². The number of methoxy groups -OCH3 is 1. The first kappa shape index (κ1) is 36.4. The van der Waals surface area contributed by atoms with Crippen molar-refractivity contribution in [1.82, 2.24) is 19.9 Å². The Balaban J connectivity index is 1.40. The number of carbonyl (C=O) groups excluding carboxylic acids is 3. The van der Waals surface area contributed by atoms with E-state index in [0.717, 1.165) is 119 Å². The molecule has 0 amide bonds. The molecule has 0 spiro atoms. The maximum Gasteiger partial charge on any atom is 0.337 e. The van der Waals surface area contributed by atoms with E-state index >= 15 is 0 Å². The van der Waals surface area contributed by atoms with Crippen molar-refractivity contribution in [1.29, 1.82) is 0 Å². The van der Waals surface area contributed by atoms with Gasteiger partial charge in [0.2, 0.25) is 0 Å². The standard InChI is InChI=1S/C51H42N4O4/c1-9-30-25(5)37-21-36-23(3)24(4)45(52-36)44-35-20-19-34(42-43(35)50(57)33-14-12-11-13-32(33)49(42)56)40-27(7)39(55-48(40)44)22-38-26(6)31(10-2)47(54-38)41(46(30)53-37)28-15-17-29(18-16-28)51(58)59-8/h11-22,53,55H,9-10H2,1-8H3. The fourth-order valence-electron chi connectivity index (χ4n) is 9.74. The van der Waals surface area contributed by atoms with Crippen LogP contribution >= 0.6 is 0 Å². The number of carbonyl (C=O) groups is 3. The Hall–Kier alpha value is -6.93. The Morgan fingerprint density at radius 1 is 0.593 bits per heavy atom. The van der Waals surface area contributed by atoms with E-state index in [1.165, 1.54) is 12.7 Å². The molecule has 0 fully saturated rings. The second kappa shape index (κ2) is 13.0. The molecule has 5 heterocycles. The van der Waals surface area contributed by atoms with Crippen LogP contribution in [-0.2, 0) is 11.2 Å². The highest BCUT2D eigenvalue weighted by molar-refractivity contribution is 6.34. The molecule has 59 heavy (non-hydrogen) atoms. The molecule has 8 nitrogen and oxygen atoms in total. The number of H-pyrrole nitrogens is 2. The lowest BCUT2D eigenvalue weighted by molar-refractivity contribution is 0.0600. The summed E-state index contributed by atoms with van der Waals surface area (Å²) in [4.78, 5) is 60.2. The SMILES string of the molecule is CCC1=C(C)c2cc3[nH]c4c(c5nc(cc6[nH]c(c(CC)c6C)c(-c6ccc(C(=O)OC)cc6)c1n2)C(C)=C5C)-c1ccc(c2c1C(=O)c1ccccc1C2=O)-c4c3C. The van der Waals surface area contributed by atoms with Crippen molar-refractivity contribution in [2.75, 3.05) is 7.11 Å². The van der Waals surface area contributed by atoms with Crippen molar-refractivity contribution < 1.29 is 19.1 Å². The van der Waals surface area contributed by atoms with Crippen molar-refractivity contribution in [3.63, 3.8) is 0 Å². The molecular formula is C51H42N4O4. The predicted molar refractivity (Wildman–Crippen MR) is 235 cm³/mol. The number of allylic oxidation sites excluding steroid dienone is 4. The van der Waals surface area contributed by atoms with Crippen LogP contribution in [0.2, 0.25) is 0 Å². The summed E-state index contributed by atoms with van der Waals surface area (Å²) >= 11 is 0. The monoisotopic (exact) mass is 774 g/mol. The highest BCUT2D eigenvalue weighted by Gasteiger charge is 2.39. The minimum Gasteiger partial charge on any atom is -0.465 e. The predicted octanol–water partition coefficient (Wildman–Crippen LogP) is 11.7. The van der Waals surface area contributed by atoms with Crippen molar-refractivity contribution in [3.05, 3.63) is 140 Å². The third kappa shape index (κ3) is 4.98. The van der Waals surface area contributed by atoms with Crippen LogP contribution in [0, 0.1) is 13.8 Å². The summed E-state index contributed by atoms with van der Waals surface area (Å²) < 4.78 is 5.03. The number of hydrogen-bond donors (Lipinski definition) is 2. The summed E-state index contributed by atoms with van der Waals surface area (Å²) in [5.74, 6) is -0.693. The molecular weight excluding hydrogens is 733 g/mol. The van der Waals surface area contributed by atoms with Crippen LogP contribution in [0.15, 0.2) is 72.8 Å². The van der Waals surface area contributed by atoms with Gasteiger partial charge in [0.1, 0.15) is 0 Å². The smallest absolute Gasteiger partial charge is 0.337 e. The van der Waals surface area contributed by atoms with Crippen molar-refractivity contribution in [2.24, 2.45) is 0 Å². The Bertz CT molecular complexity index is 3210. The van der Waals surface area contributed by atoms with E-state index in [0.29, 0.717) is 33.4 Å². The fourth-order valence-corrected chi connectivity index (χ4v) is 9.74. The van der Waals surface area contributed by atoms with Gasteiger partial charge in [-0.2, -0.15) is 0 Å². The summed E-state index contributed by atoms with van der Waals surface area (Å²) in [5, 5.41) is 0. The average Bonchev–Trinajstić information content (AvgIpc) is 3.87. The Morgan fingerprint density at radius 3 is 1.78 bits per heavy atom. The number of ketones is 2. The van der Waals surface area contributed by atoms with E-state index in [9.17, 15) is 14.4 Å². The summed E-state index contributed by atoms with van der Waals surface area (Å²) in [5.41, 5.74) is 21.6. The van der Waals surface area contributed by atoms with Crippen molar-refractivity contribution in [3.8, 4) is 33.4 Å². The molecule has 0 saturated heterocycles. The second-order valence-corrected chi connectivity index (χ2v) is 15.9. The van der Waals surface area contributed by atoms with Crippen LogP contribution in [0.1, 0.15) is 123 Å². The number of fused-ring (bicyclic) bond motifs is 11. The molecule has 0 radical (unpaired) electrons. The van der Waals surface area contributed by atoms with Gasteiger partial charge < -0.3 is 14.7 Å². The van der Waals surface area contributed by atoms with Crippen LogP contribution in [0.3, 0.4) is 0 Å². The highest BCUT2D eigenvalue weighted by Crippen LogP contribution is 2.51. The molecule has 2 N–H and O–H groups in total. The van der Waals surface area contributed by atoms with Gasteiger partial charge in [-0.15, -0.1) is 0 Å². The third-order valence-electron chi connectivity index (χ3n) is 13.0. The maximum atomic E-state index is 14.6. The number of esters is 1. The largest absolute Gasteiger partial charge is 0.465 e. The quantitative estimate of drug-likeness (QED) is 0.172. The molecule has 2 aliphatic carbocycles. The number of hydrogen-bond acceptors (Lipinski definition) is 6. The molecule has 6 aromatic rings. The lowest BCUT2D eigenvalue weighted by Gasteiger charge is -2.21.